The van der Waals surface area contributed by atoms with Crippen LogP contribution in [0.15, 0.2) is 51.4 Å². The van der Waals surface area contributed by atoms with E-state index in [9.17, 15) is 9.18 Å². The molecule has 0 radical (unpaired) electrons. The smallest absolute Gasteiger partial charge is 0.141 e. The number of ketones is 1. The van der Waals surface area contributed by atoms with Gasteiger partial charge in [-0.05, 0) is 35.4 Å². The highest BCUT2D eigenvalue weighted by atomic mass is 79.9. The van der Waals surface area contributed by atoms with Crippen LogP contribution in [0.3, 0.4) is 0 Å². The molecule has 0 amide bonds. The van der Waals surface area contributed by atoms with Crippen molar-refractivity contribution in [3.05, 3.63) is 68.4 Å². The molecule has 0 spiro atoms. The maximum Gasteiger partial charge on any atom is 0.141 e. The molecule has 2 rings (SSSR count). The van der Waals surface area contributed by atoms with Gasteiger partial charge in [-0.25, -0.2) is 4.39 Å². The Bertz CT molecular complexity index is 594. The summed E-state index contributed by atoms with van der Waals surface area (Å²) in [6.07, 6.45) is 0.442. The minimum atomic E-state index is -0.349. The molecule has 0 aromatic heterocycles. The van der Waals surface area contributed by atoms with Crippen molar-refractivity contribution < 1.29 is 9.18 Å². The van der Waals surface area contributed by atoms with Gasteiger partial charge in [-0.3, -0.25) is 4.79 Å². The van der Waals surface area contributed by atoms with Crippen molar-refractivity contribution in [3.8, 4) is 0 Å². The summed E-state index contributed by atoms with van der Waals surface area (Å²) in [7, 11) is 0. The summed E-state index contributed by atoms with van der Waals surface area (Å²) in [6.45, 7) is 0. The summed E-state index contributed by atoms with van der Waals surface area (Å²) in [4.78, 5) is 11.9. The van der Waals surface area contributed by atoms with Crippen LogP contribution < -0.4 is 0 Å². The number of carbonyl (C=O) groups is 1. The van der Waals surface area contributed by atoms with E-state index in [1.54, 1.807) is 12.1 Å². The van der Waals surface area contributed by atoms with Gasteiger partial charge in [-0.2, -0.15) is 0 Å². The lowest BCUT2D eigenvalue weighted by Gasteiger charge is -2.04. The van der Waals surface area contributed by atoms with Gasteiger partial charge in [-0.1, -0.05) is 50.1 Å². The number of Topliss-reactive ketones (excluding diaryl/α,β-unsaturated/α-hetero) is 1. The van der Waals surface area contributed by atoms with E-state index in [0.717, 1.165) is 10.0 Å². The normalized spacial score (nSPS) is 10.5. The zero-order valence-corrected chi connectivity index (χ0v) is 13.2. The molecule has 0 saturated heterocycles. The fourth-order valence-corrected chi connectivity index (χ4v) is 2.37. The molecule has 0 aliphatic heterocycles. The Morgan fingerprint density at radius 3 is 2.21 bits per heavy atom. The number of rotatable bonds is 4. The predicted octanol–water partition coefficient (Wildman–Crippen LogP) is 4.71. The van der Waals surface area contributed by atoms with E-state index in [0.29, 0.717) is 16.5 Å². The first-order chi connectivity index (χ1) is 9.04. The Labute approximate surface area is 128 Å². The third kappa shape index (κ3) is 4.25. The predicted molar refractivity (Wildman–Crippen MR) is 80.7 cm³/mol. The highest BCUT2D eigenvalue weighted by molar-refractivity contribution is 9.10. The van der Waals surface area contributed by atoms with Crippen molar-refractivity contribution in [1.29, 1.82) is 0 Å². The van der Waals surface area contributed by atoms with Crippen LogP contribution in [-0.4, -0.2) is 5.78 Å². The Kier molecular flexibility index (Phi) is 4.88. The molecule has 1 nitrogen and oxygen atoms in total. The number of hydrogen-bond acceptors (Lipinski definition) is 1. The fraction of sp³-hybridized carbons (Fsp3) is 0.133. The van der Waals surface area contributed by atoms with E-state index >= 15 is 0 Å². The van der Waals surface area contributed by atoms with Gasteiger partial charge in [0.1, 0.15) is 11.6 Å². The van der Waals surface area contributed by atoms with Gasteiger partial charge in [0, 0.05) is 21.8 Å². The molecular weight excluding hydrogens is 375 g/mol. The maximum absolute atomic E-state index is 13.6. The van der Waals surface area contributed by atoms with Crippen molar-refractivity contribution in [3.63, 3.8) is 0 Å². The lowest BCUT2D eigenvalue weighted by atomic mass is 10.0. The summed E-state index contributed by atoms with van der Waals surface area (Å²) < 4.78 is 15.3. The second-order valence-electron chi connectivity index (χ2n) is 4.25. The number of carbonyl (C=O) groups excluding carboxylic acids is 1. The van der Waals surface area contributed by atoms with E-state index in [4.69, 9.17) is 0 Å². The number of benzene rings is 2. The summed E-state index contributed by atoms with van der Waals surface area (Å²) in [5.74, 6) is -0.345. The van der Waals surface area contributed by atoms with E-state index in [1.807, 2.05) is 24.3 Å². The zero-order chi connectivity index (χ0) is 13.8. The standard InChI is InChI=1S/C15H11Br2FO/c16-12-4-1-10(2-5-12)7-14(19)8-11-3-6-13(17)9-15(11)18/h1-6,9H,7-8H2. The fourth-order valence-electron chi connectivity index (χ4n) is 1.77. The second-order valence-corrected chi connectivity index (χ2v) is 6.09. The summed E-state index contributed by atoms with van der Waals surface area (Å²) in [5, 5.41) is 0. The third-order valence-electron chi connectivity index (χ3n) is 2.72. The van der Waals surface area contributed by atoms with Crippen LogP contribution in [0.1, 0.15) is 11.1 Å². The minimum absolute atomic E-state index is 0.00328. The maximum atomic E-state index is 13.6. The molecular formula is C15H11Br2FO. The van der Waals surface area contributed by atoms with Crippen LogP contribution in [0.25, 0.3) is 0 Å². The molecule has 0 aliphatic rings. The molecule has 0 atom stereocenters. The zero-order valence-electron chi connectivity index (χ0n) is 10.00. The van der Waals surface area contributed by atoms with Crippen molar-refractivity contribution >= 4 is 37.6 Å². The SMILES string of the molecule is O=C(Cc1ccc(Br)cc1)Cc1ccc(Br)cc1F. The first-order valence-corrected chi connectivity index (χ1v) is 7.33. The largest absolute Gasteiger partial charge is 0.299 e. The molecule has 0 N–H and O–H groups in total. The van der Waals surface area contributed by atoms with Gasteiger partial charge in [-0.15, -0.1) is 0 Å². The lowest BCUT2D eigenvalue weighted by molar-refractivity contribution is -0.117. The van der Waals surface area contributed by atoms with Crippen molar-refractivity contribution in [1.82, 2.24) is 0 Å². The van der Waals surface area contributed by atoms with Crippen LogP contribution >= 0.6 is 31.9 Å². The van der Waals surface area contributed by atoms with Crippen LogP contribution in [0.2, 0.25) is 0 Å². The molecule has 0 bridgehead atoms. The summed E-state index contributed by atoms with van der Waals surface area (Å²) >= 11 is 6.54. The minimum Gasteiger partial charge on any atom is -0.299 e. The van der Waals surface area contributed by atoms with Crippen LogP contribution in [-0.2, 0) is 17.6 Å². The Hall–Kier alpha value is -1.00. The Morgan fingerprint density at radius 2 is 1.58 bits per heavy atom. The summed E-state index contributed by atoms with van der Waals surface area (Å²) in [5.41, 5.74) is 1.37. The van der Waals surface area contributed by atoms with E-state index < -0.39 is 0 Å². The molecule has 2 aromatic rings. The van der Waals surface area contributed by atoms with E-state index in [-0.39, 0.29) is 18.0 Å². The van der Waals surface area contributed by atoms with Gasteiger partial charge in [0.2, 0.25) is 0 Å². The highest BCUT2D eigenvalue weighted by Gasteiger charge is 2.09. The van der Waals surface area contributed by atoms with Crippen molar-refractivity contribution in [2.45, 2.75) is 12.8 Å². The average molecular weight is 386 g/mol. The Morgan fingerprint density at radius 1 is 0.947 bits per heavy atom. The first kappa shape index (κ1) is 14.4. The van der Waals surface area contributed by atoms with Crippen LogP contribution in [0, 0.1) is 5.82 Å². The van der Waals surface area contributed by atoms with Crippen molar-refractivity contribution in [2.75, 3.05) is 0 Å². The molecule has 0 unspecified atom stereocenters. The van der Waals surface area contributed by atoms with E-state index in [1.165, 1.54) is 6.07 Å². The molecule has 98 valence electrons. The molecule has 0 heterocycles. The highest BCUT2D eigenvalue weighted by Crippen LogP contribution is 2.17. The molecule has 0 aliphatic carbocycles. The quantitative estimate of drug-likeness (QED) is 0.745. The van der Waals surface area contributed by atoms with Crippen LogP contribution in [0.5, 0.6) is 0 Å². The Balaban J connectivity index is 2.03. The topological polar surface area (TPSA) is 17.1 Å². The van der Waals surface area contributed by atoms with Crippen molar-refractivity contribution in [2.24, 2.45) is 0 Å². The van der Waals surface area contributed by atoms with Gasteiger partial charge in [0.05, 0.1) is 0 Å². The van der Waals surface area contributed by atoms with Gasteiger partial charge < -0.3 is 0 Å². The molecule has 19 heavy (non-hydrogen) atoms. The lowest BCUT2D eigenvalue weighted by Crippen LogP contribution is -2.07. The molecule has 4 heteroatoms. The third-order valence-corrected chi connectivity index (χ3v) is 3.74. The first-order valence-electron chi connectivity index (χ1n) is 5.74. The van der Waals surface area contributed by atoms with Gasteiger partial charge >= 0.3 is 0 Å². The monoisotopic (exact) mass is 384 g/mol. The average Bonchev–Trinajstić information content (AvgIpc) is 2.36. The summed E-state index contributed by atoms with van der Waals surface area (Å²) in [6, 6.07) is 12.3. The molecule has 0 fully saturated rings. The molecule has 0 saturated carbocycles. The second kappa shape index (κ2) is 6.44. The van der Waals surface area contributed by atoms with E-state index in [2.05, 4.69) is 31.9 Å². The van der Waals surface area contributed by atoms with Gasteiger partial charge in [0.25, 0.3) is 0 Å². The van der Waals surface area contributed by atoms with Gasteiger partial charge in [0.15, 0.2) is 0 Å². The molecule has 2 aromatic carbocycles. The number of halogens is 3. The van der Waals surface area contributed by atoms with Crippen LogP contribution in [0.4, 0.5) is 4.39 Å². The number of hydrogen-bond donors (Lipinski definition) is 0.